The van der Waals surface area contributed by atoms with Crippen LogP contribution in [-0.2, 0) is 34.0 Å². The van der Waals surface area contributed by atoms with Crippen molar-refractivity contribution in [3.05, 3.63) is 71.2 Å². The van der Waals surface area contributed by atoms with Gasteiger partial charge in [0.15, 0.2) is 5.75 Å². The Hall–Kier alpha value is -4.85. The van der Waals surface area contributed by atoms with E-state index in [4.69, 9.17) is 5.10 Å². The first-order valence-corrected chi connectivity index (χ1v) is 19.9. The van der Waals surface area contributed by atoms with E-state index in [0.717, 1.165) is 54.6 Å². The number of nitriles is 1. The first kappa shape index (κ1) is 38.4. The highest BCUT2D eigenvalue weighted by Crippen LogP contribution is 2.35. The smallest absolute Gasteiger partial charge is 0.387 e. The van der Waals surface area contributed by atoms with Crippen LogP contribution in [0.2, 0.25) is 0 Å². The molecule has 0 saturated carbocycles. The number of aryl methyl sites for hydroxylation is 1. The second-order valence-corrected chi connectivity index (χ2v) is 16.3. The quantitative estimate of drug-likeness (QED) is 0.188. The van der Waals surface area contributed by atoms with Crippen LogP contribution in [0.15, 0.2) is 53.7 Å². The number of carbonyl (C=O) groups excluding carboxylic acids is 2. The molecule has 3 atom stereocenters. The third-order valence-electron chi connectivity index (χ3n) is 10.9. The molecular weight excluding hydrogens is 729 g/mol. The number of likely N-dealkylation sites (tertiary alicyclic amines) is 1. The highest BCUT2D eigenvalue weighted by atomic mass is 32.2. The minimum atomic E-state index is -2.94. The van der Waals surface area contributed by atoms with Gasteiger partial charge in [-0.05, 0) is 98.8 Å². The summed E-state index contributed by atoms with van der Waals surface area (Å²) in [5.74, 6) is -0.0194. The summed E-state index contributed by atoms with van der Waals surface area (Å²) in [5, 5.41) is 21.2. The average Bonchev–Trinajstić information content (AvgIpc) is 3.50. The van der Waals surface area contributed by atoms with E-state index in [9.17, 15) is 27.8 Å². The maximum Gasteiger partial charge on any atom is 0.387 e. The van der Waals surface area contributed by atoms with Crippen LogP contribution in [0.5, 0.6) is 5.75 Å². The van der Waals surface area contributed by atoms with Gasteiger partial charge in [-0.25, -0.2) is 18.5 Å². The Morgan fingerprint density at radius 1 is 1.04 bits per heavy atom. The minimum Gasteiger partial charge on any atom is -0.432 e. The third kappa shape index (κ3) is 9.01. The van der Waals surface area contributed by atoms with E-state index in [1.807, 2.05) is 22.1 Å². The van der Waals surface area contributed by atoms with E-state index in [1.165, 1.54) is 18.0 Å². The average molecular weight is 774 g/mol. The fourth-order valence-electron chi connectivity index (χ4n) is 8.11. The lowest BCUT2D eigenvalue weighted by Crippen LogP contribution is -2.40. The third-order valence-corrected chi connectivity index (χ3v) is 12.4. The SMILES string of the molecule is CC(Cc1cc(S(=O)N2CCC(Nc3ncc(OC(F)F)cn3)CC2)ccc1C#N)CN1CCC(c2ccc3c(C4CCC(=O)NC4=O)nn(C)c3c2)CC1. The zero-order valence-corrected chi connectivity index (χ0v) is 31.7. The summed E-state index contributed by atoms with van der Waals surface area (Å²) >= 11 is 0. The van der Waals surface area contributed by atoms with E-state index in [2.05, 4.69) is 61.4 Å². The molecule has 2 aromatic heterocycles. The van der Waals surface area contributed by atoms with Crippen molar-refractivity contribution in [1.29, 1.82) is 5.26 Å². The van der Waals surface area contributed by atoms with Crippen molar-refractivity contribution in [3.8, 4) is 11.8 Å². The Morgan fingerprint density at radius 3 is 2.47 bits per heavy atom. The molecule has 13 nitrogen and oxygen atoms in total. The molecule has 5 heterocycles. The predicted molar refractivity (Wildman–Crippen MR) is 202 cm³/mol. The molecule has 3 saturated heterocycles. The van der Waals surface area contributed by atoms with Crippen LogP contribution in [-0.4, -0.2) is 90.4 Å². The summed E-state index contributed by atoms with van der Waals surface area (Å²) in [4.78, 5) is 35.5. The number of amides is 2. The van der Waals surface area contributed by atoms with Gasteiger partial charge in [-0.1, -0.05) is 19.1 Å². The van der Waals surface area contributed by atoms with Gasteiger partial charge in [-0.15, -0.1) is 0 Å². The molecule has 2 N–H and O–H groups in total. The highest BCUT2D eigenvalue weighted by molar-refractivity contribution is 7.82. The molecule has 2 aromatic carbocycles. The molecule has 290 valence electrons. The van der Waals surface area contributed by atoms with Crippen LogP contribution >= 0.6 is 0 Å². The lowest BCUT2D eigenvalue weighted by atomic mass is 9.87. The fraction of sp³-hybridized carbons (Fsp3) is 0.487. The molecule has 3 fully saturated rings. The molecule has 3 aliphatic rings. The molecule has 55 heavy (non-hydrogen) atoms. The number of aromatic nitrogens is 4. The van der Waals surface area contributed by atoms with Crippen molar-refractivity contribution in [2.24, 2.45) is 13.0 Å². The summed E-state index contributed by atoms with van der Waals surface area (Å²) in [7, 11) is 0.515. The number of piperidine rings is 3. The van der Waals surface area contributed by atoms with Gasteiger partial charge < -0.3 is 15.0 Å². The number of benzene rings is 2. The number of ether oxygens (including phenoxy) is 1. The summed E-state index contributed by atoms with van der Waals surface area (Å²) in [5.41, 5.74) is 4.50. The van der Waals surface area contributed by atoms with Crippen LogP contribution in [0.3, 0.4) is 0 Å². The lowest BCUT2D eigenvalue weighted by molar-refractivity contribution is -0.134. The van der Waals surface area contributed by atoms with Crippen LogP contribution in [0, 0.1) is 17.2 Å². The van der Waals surface area contributed by atoms with E-state index >= 15 is 0 Å². The van der Waals surface area contributed by atoms with Crippen LogP contribution < -0.4 is 15.4 Å². The first-order chi connectivity index (χ1) is 26.5. The molecular formula is C39H45F2N9O4S. The van der Waals surface area contributed by atoms with E-state index in [-0.39, 0.29) is 29.5 Å². The molecule has 0 aliphatic carbocycles. The van der Waals surface area contributed by atoms with E-state index < -0.39 is 23.5 Å². The van der Waals surface area contributed by atoms with Gasteiger partial charge in [0.1, 0.15) is 11.0 Å². The maximum absolute atomic E-state index is 13.7. The van der Waals surface area contributed by atoms with Crippen molar-refractivity contribution < 1.29 is 27.3 Å². The van der Waals surface area contributed by atoms with Crippen molar-refractivity contribution in [1.82, 2.24) is 34.3 Å². The number of nitrogens with one attached hydrogen (secondary N) is 2. The van der Waals surface area contributed by atoms with Crippen molar-refractivity contribution in [3.63, 3.8) is 0 Å². The molecule has 2 amide bonds. The number of imide groups is 1. The second kappa shape index (κ2) is 16.9. The number of fused-ring (bicyclic) bond motifs is 1. The molecule has 0 radical (unpaired) electrons. The predicted octanol–water partition coefficient (Wildman–Crippen LogP) is 5.01. The van der Waals surface area contributed by atoms with Crippen LogP contribution in [0.4, 0.5) is 14.7 Å². The molecule has 3 aliphatic heterocycles. The molecule has 0 bridgehead atoms. The minimum absolute atomic E-state index is 0.0438. The Bertz CT molecular complexity index is 2090. The molecule has 4 aromatic rings. The normalized spacial score (nSPS) is 20.3. The zero-order chi connectivity index (χ0) is 38.6. The van der Waals surface area contributed by atoms with Gasteiger partial charge in [0.05, 0.1) is 46.1 Å². The topological polar surface area (TPSA) is 158 Å². The number of carbonyl (C=O) groups is 2. The van der Waals surface area contributed by atoms with Gasteiger partial charge in [-0.3, -0.25) is 19.6 Å². The lowest BCUT2D eigenvalue weighted by Gasteiger charge is -2.34. The number of hydrogen-bond donors (Lipinski definition) is 2. The van der Waals surface area contributed by atoms with E-state index in [0.29, 0.717) is 67.5 Å². The number of nitrogens with zero attached hydrogens (tertiary/aromatic N) is 7. The summed E-state index contributed by atoms with van der Waals surface area (Å²) in [6.07, 6.45) is 7.34. The Balaban J connectivity index is 0.904. The largest absolute Gasteiger partial charge is 0.432 e. The highest BCUT2D eigenvalue weighted by Gasteiger charge is 2.32. The molecule has 0 spiro atoms. The summed E-state index contributed by atoms with van der Waals surface area (Å²) < 4.78 is 46.6. The van der Waals surface area contributed by atoms with Gasteiger partial charge >= 0.3 is 6.61 Å². The zero-order valence-electron chi connectivity index (χ0n) is 30.9. The first-order valence-electron chi connectivity index (χ1n) is 18.8. The van der Waals surface area contributed by atoms with Gasteiger partial charge in [0, 0.05) is 44.5 Å². The van der Waals surface area contributed by atoms with Gasteiger partial charge in [0.2, 0.25) is 17.8 Å². The number of anilines is 1. The van der Waals surface area contributed by atoms with Crippen LogP contribution in [0.1, 0.15) is 79.7 Å². The standard InChI is InChI=1S/C39H45F2N9O4S/c1-24(23-49-13-9-25(10-14-49)26-4-6-32-34(19-26)48(2)47-36(32)33-7-8-35(51)46-37(33)52)17-28-18-31(5-3-27(28)20-42)55(53)50-15-11-29(12-16-50)45-39-43-21-30(22-44-39)54-38(40)41/h3-6,18-19,21-22,24-25,29,33,38H,7-17,23H2,1-2H3,(H,43,44,45)(H,46,51,52). The number of rotatable bonds is 12. The van der Waals surface area contributed by atoms with Crippen LogP contribution in [0.25, 0.3) is 10.9 Å². The maximum atomic E-state index is 13.7. The second-order valence-electron chi connectivity index (χ2n) is 14.8. The number of halogens is 2. The Kier molecular flexibility index (Phi) is 11.8. The van der Waals surface area contributed by atoms with E-state index in [1.54, 1.807) is 12.1 Å². The van der Waals surface area contributed by atoms with Gasteiger partial charge in [0.25, 0.3) is 0 Å². The van der Waals surface area contributed by atoms with Gasteiger partial charge in [-0.2, -0.15) is 19.1 Å². The number of hydrogen-bond acceptors (Lipinski definition) is 10. The Morgan fingerprint density at radius 2 is 1.78 bits per heavy atom. The Labute approximate surface area is 321 Å². The number of alkyl halides is 2. The molecule has 3 unspecified atom stereocenters. The monoisotopic (exact) mass is 773 g/mol. The molecule has 7 rings (SSSR count). The fourth-order valence-corrected chi connectivity index (χ4v) is 9.37. The molecule has 16 heteroatoms. The van der Waals surface area contributed by atoms with Crippen molar-refractivity contribution in [2.75, 3.05) is 38.0 Å². The van der Waals surface area contributed by atoms with Crippen molar-refractivity contribution in [2.45, 2.75) is 81.3 Å². The summed E-state index contributed by atoms with van der Waals surface area (Å²) in [6, 6.07) is 14.3. The van der Waals surface area contributed by atoms with Crippen molar-refractivity contribution >= 4 is 39.7 Å². The summed E-state index contributed by atoms with van der Waals surface area (Å²) in [6.45, 7) is 3.25.